The van der Waals surface area contributed by atoms with E-state index in [0.29, 0.717) is 15.1 Å². The van der Waals surface area contributed by atoms with Crippen molar-refractivity contribution in [1.82, 2.24) is 0 Å². The Morgan fingerprint density at radius 3 is 2.55 bits per heavy atom. The Labute approximate surface area is 144 Å². The molecule has 0 aromatic heterocycles. The zero-order valence-corrected chi connectivity index (χ0v) is 14.1. The molecular formula is C14H10BrCl2FN2O2. The van der Waals surface area contributed by atoms with Gasteiger partial charge in [0.05, 0.1) is 12.3 Å². The fraction of sp³-hybridized carbons (Fsp3) is 0.0714. The van der Waals surface area contributed by atoms with Crippen molar-refractivity contribution in [2.75, 3.05) is 10.6 Å². The maximum atomic E-state index is 13.3. The highest BCUT2D eigenvalue weighted by Gasteiger charge is 2.12. The topological polar surface area (TPSA) is 61.4 Å². The van der Waals surface area contributed by atoms with Crippen LogP contribution in [0.4, 0.5) is 20.6 Å². The molecule has 0 unspecified atom stereocenters. The van der Waals surface area contributed by atoms with Gasteiger partial charge in [-0.25, -0.2) is 9.18 Å². The molecule has 8 heteroatoms. The van der Waals surface area contributed by atoms with E-state index in [4.69, 9.17) is 23.2 Å². The number of hydrogen-bond acceptors (Lipinski definition) is 2. The minimum absolute atomic E-state index is 0.235. The highest BCUT2D eigenvalue weighted by molar-refractivity contribution is 9.10. The monoisotopic (exact) mass is 406 g/mol. The van der Waals surface area contributed by atoms with E-state index in [1.807, 2.05) is 0 Å². The van der Waals surface area contributed by atoms with Crippen molar-refractivity contribution >= 4 is 56.5 Å². The minimum atomic E-state index is -0.620. The molecule has 3 N–H and O–H groups in total. The van der Waals surface area contributed by atoms with Crippen LogP contribution >= 0.6 is 39.1 Å². The molecule has 0 radical (unpaired) electrons. The first kappa shape index (κ1) is 17.0. The number of aliphatic hydroxyl groups is 1. The molecule has 0 fully saturated rings. The number of carbonyl (C=O) groups excluding carboxylic acids is 1. The maximum Gasteiger partial charge on any atom is 0.323 e. The summed E-state index contributed by atoms with van der Waals surface area (Å²) in [5, 5.41) is 14.8. The largest absolute Gasteiger partial charge is 0.392 e. The second-order valence-corrected chi connectivity index (χ2v) is 6.07. The Balaban J connectivity index is 2.19. The van der Waals surface area contributed by atoms with Gasteiger partial charge < -0.3 is 15.7 Å². The molecule has 2 aromatic rings. The van der Waals surface area contributed by atoms with Crippen LogP contribution < -0.4 is 10.6 Å². The van der Waals surface area contributed by atoms with E-state index in [1.54, 1.807) is 6.07 Å². The number of amides is 2. The normalized spacial score (nSPS) is 10.4. The zero-order chi connectivity index (χ0) is 16.3. The van der Waals surface area contributed by atoms with Crippen LogP contribution in [-0.2, 0) is 6.61 Å². The standard InChI is InChI=1S/C14H10BrCl2FN2O2/c15-7-1-9(18)5-10(2-7)19-14(22)20-13-4-8(16)3-12(17)11(13)6-21/h1-5,21H,6H2,(H2,19,20,22). The summed E-state index contributed by atoms with van der Waals surface area (Å²) in [7, 11) is 0. The number of hydrogen-bond donors (Lipinski definition) is 3. The number of benzene rings is 2. The van der Waals surface area contributed by atoms with E-state index in [9.17, 15) is 14.3 Å². The Bertz CT molecular complexity index is 708. The van der Waals surface area contributed by atoms with Crippen molar-refractivity contribution in [3.05, 3.63) is 56.2 Å². The van der Waals surface area contributed by atoms with E-state index < -0.39 is 11.8 Å². The lowest BCUT2D eigenvalue weighted by Gasteiger charge is -2.13. The first-order valence-electron chi connectivity index (χ1n) is 6.02. The first-order valence-corrected chi connectivity index (χ1v) is 7.57. The van der Waals surface area contributed by atoms with Crippen LogP contribution in [0.1, 0.15) is 5.56 Å². The molecule has 0 aliphatic heterocycles. The predicted octanol–water partition coefficient (Wildman–Crippen LogP) is 5.03. The van der Waals surface area contributed by atoms with Crippen molar-refractivity contribution in [3.8, 4) is 0 Å². The molecule has 22 heavy (non-hydrogen) atoms. The summed E-state index contributed by atoms with van der Waals surface area (Å²) in [6.07, 6.45) is 0. The van der Waals surface area contributed by atoms with Gasteiger partial charge in [0.2, 0.25) is 0 Å². The quantitative estimate of drug-likeness (QED) is 0.668. The van der Waals surface area contributed by atoms with Gasteiger partial charge in [-0.1, -0.05) is 39.1 Å². The van der Waals surface area contributed by atoms with Crippen molar-refractivity contribution in [1.29, 1.82) is 0 Å². The lowest BCUT2D eigenvalue weighted by Crippen LogP contribution is -2.20. The second kappa shape index (κ2) is 7.28. The van der Waals surface area contributed by atoms with E-state index in [2.05, 4.69) is 26.6 Å². The number of aliphatic hydroxyl groups excluding tert-OH is 1. The van der Waals surface area contributed by atoms with E-state index in [-0.39, 0.29) is 23.0 Å². The molecule has 2 aromatic carbocycles. The molecule has 2 amide bonds. The van der Waals surface area contributed by atoms with Gasteiger partial charge in [-0.15, -0.1) is 0 Å². The average molecular weight is 408 g/mol. The highest BCUT2D eigenvalue weighted by atomic mass is 79.9. The van der Waals surface area contributed by atoms with E-state index in [0.717, 1.165) is 0 Å². The SMILES string of the molecule is O=C(Nc1cc(F)cc(Br)c1)Nc1cc(Cl)cc(Cl)c1CO. The minimum Gasteiger partial charge on any atom is -0.392 e. The summed E-state index contributed by atoms with van der Waals surface area (Å²) in [6.45, 7) is -0.364. The molecule has 116 valence electrons. The molecule has 0 saturated heterocycles. The predicted molar refractivity (Wildman–Crippen MR) is 89.1 cm³/mol. The summed E-state index contributed by atoms with van der Waals surface area (Å²) in [5.41, 5.74) is 0.873. The van der Waals surface area contributed by atoms with Gasteiger partial charge in [-0.05, 0) is 30.3 Å². The van der Waals surface area contributed by atoms with Gasteiger partial charge in [0.15, 0.2) is 0 Å². The molecule has 2 rings (SSSR count). The summed E-state index contributed by atoms with van der Waals surface area (Å²) in [5.74, 6) is -0.494. The van der Waals surface area contributed by atoms with Gasteiger partial charge in [-0.2, -0.15) is 0 Å². The Morgan fingerprint density at radius 1 is 1.18 bits per heavy atom. The molecule has 0 aliphatic carbocycles. The summed E-state index contributed by atoms with van der Waals surface area (Å²) in [4.78, 5) is 12.0. The third-order valence-electron chi connectivity index (χ3n) is 2.69. The number of carbonyl (C=O) groups is 1. The van der Waals surface area contributed by atoms with Crippen molar-refractivity contribution in [3.63, 3.8) is 0 Å². The molecule has 0 spiro atoms. The third kappa shape index (κ3) is 4.33. The van der Waals surface area contributed by atoms with Gasteiger partial charge in [0, 0.05) is 25.8 Å². The van der Waals surface area contributed by atoms with E-state index in [1.165, 1.54) is 24.3 Å². The van der Waals surface area contributed by atoms with Crippen molar-refractivity contribution in [2.24, 2.45) is 0 Å². The fourth-order valence-corrected chi connectivity index (χ4v) is 2.80. The molecule has 0 aliphatic rings. The van der Waals surface area contributed by atoms with Gasteiger partial charge in [0.1, 0.15) is 5.82 Å². The lowest BCUT2D eigenvalue weighted by atomic mass is 10.2. The van der Waals surface area contributed by atoms with Crippen LogP contribution in [0.25, 0.3) is 0 Å². The highest BCUT2D eigenvalue weighted by Crippen LogP contribution is 2.29. The van der Waals surface area contributed by atoms with Crippen molar-refractivity contribution < 1.29 is 14.3 Å². The lowest BCUT2D eigenvalue weighted by molar-refractivity contribution is 0.262. The Morgan fingerprint density at radius 2 is 1.91 bits per heavy atom. The summed E-state index contributed by atoms with van der Waals surface area (Å²) in [6, 6.07) is 6.28. The number of rotatable bonds is 3. The molecule has 0 heterocycles. The molecule has 4 nitrogen and oxygen atoms in total. The maximum absolute atomic E-state index is 13.3. The van der Waals surface area contributed by atoms with Crippen LogP contribution in [0.2, 0.25) is 10.0 Å². The second-order valence-electron chi connectivity index (χ2n) is 4.31. The number of nitrogens with one attached hydrogen (secondary N) is 2. The van der Waals surface area contributed by atoms with Gasteiger partial charge in [-0.3, -0.25) is 0 Å². The Kier molecular flexibility index (Phi) is 5.63. The van der Waals surface area contributed by atoms with Crippen LogP contribution in [0.15, 0.2) is 34.8 Å². The third-order valence-corrected chi connectivity index (χ3v) is 3.70. The molecule has 0 atom stereocenters. The van der Waals surface area contributed by atoms with Crippen LogP contribution in [0.5, 0.6) is 0 Å². The number of urea groups is 1. The summed E-state index contributed by atoms with van der Waals surface area (Å²) < 4.78 is 13.8. The van der Waals surface area contributed by atoms with Gasteiger partial charge >= 0.3 is 6.03 Å². The van der Waals surface area contributed by atoms with Crippen LogP contribution in [0, 0.1) is 5.82 Å². The molecule has 0 saturated carbocycles. The molecule has 0 bridgehead atoms. The number of anilines is 2. The van der Waals surface area contributed by atoms with Gasteiger partial charge in [0.25, 0.3) is 0 Å². The van der Waals surface area contributed by atoms with Crippen molar-refractivity contribution in [2.45, 2.75) is 6.61 Å². The Hall–Kier alpha value is -1.34. The smallest absolute Gasteiger partial charge is 0.323 e. The van der Waals surface area contributed by atoms with Crippen LogP contribution in [-0.4, -0.2) is 11.1 Å². The first-order chi connectivity index (χ1) is 10.4. The zero-order valence-electron chi connectivity index (χ0n) is 11.0. The average Bonchev–Trinajstić information content (AvgIpc) is 2.36. The van der Waals surface area contributed by atoms with E-state index >= 15 is 0 Å². The number of halogens is 4. The fourth-order valence-electron chi connectivity index (χ4n) is 1.79. The van der Waals surface area contributed by atoms with Crippen LogP contribution in [0.3, 0.4) is 0 Å². The summed E-state index contributed by atoms with van der Waals surface area (Å²) >= 11 is 15.0. The molecular weight excluding hydrogens is 398 g/mol.